The molecule has 1 amide bonds. The quantitative estimate of drug-likeness (QED) is 0.361. The molecule has 0 aromatic carbocycles. The van der Waals surface area contributed by atoms with Gasteiger partial charge in [-0.2, -0.15) is 13.2 Å². The predicted octanol–water partition coefficient (Wildman–Crippen LogP) is 1.94. The standard InChI is InChI=1S/C8H8BrF3N4O2/c1-3(6(14)16-7(17)18)4(9)5(15-2-13)8(10,11)12/h2H,1H2,(H2,13,15)(H2,14,16)(H,17,18)/b5-4+. The van der Waals surface area contributed by atoms with Gasteiger partial charge >= 0.3 is 12.3 Å². The van der Waals surface area contributed by atoms with E-state index in [1.807, 2.05) is 0 Å². The number of nitrogens with two attached hydrogens (primary N) is 1. The van der Waals surface area contributed by atoms with Crippen molar-refractivity contribution < 1.29 is 23.1 Å². The van der Waals surface area contributed by atoms with E-state index in [-0.39, 0.29) is 0 Å². The number of nitrogens with zero attached hydrogens (tertiary/aromatic N) is 1. The molecule has 100 valence electrons. The van der Waals surface area contributed by atoms with Crippen molar-refractivity contribution in [3.8, 4) is 0 Å². The predicted molar refractivity (Wildman–Crippen MR) is 62.7 cm³/mol. The Morgan fingerprint density at radius 3 is 2.39 bits per heavy atom. The lowest BCUT2D eigenvalue weighted by Crippen LogP contribution is -2.29. The monoisotopic (exact) mass is 328 g/mol. The zero-order chi connectivity index (χ0) is 14.5. The highest BCUT2D eigenvalue weighted by Gasteiger charge is 2.37. The van der Waals surface area contributed by atoms with E-state index in [2.05, 4.69) is 27.5 Å². The Kier molecular flexibility index (Phi) is 5.56. The van der Waals surface area contributed by atoms with Crippen molar-refractivity contribution >= 4 is 34.2 Å². The fraction of sp³-hybridized carbons (Fsp3) is 0.125. The highest BCUT2D eigenvalue weighted by atomic mass is 79.9. The van der Waals surface area contributed by atoms with E-state index >= 15 is 0 Å². The van der Waals surface area contributed by atoms with Crippen molar-refractivity contribution in [2.24, 2.45) is 10.7 Å². The maximum absolute atomic E-state index is 12.5. The van der Waals surface area contributed by atoms with Crippen molar-refractivity contribution in [3.05, 3.63) is 22.3 Å². The van der Waals surface area contributed by atoms with Crippen molar-refractivity contribution in [2.75, 3.05) is 0 Å². The molecule has 0 aromatic heterocycles. The van der Waals surface area contributed by atoms with Gasteiger partial charge in [-0.05, 0) is 15.9 Å². The first-order valence-electron chi connectivity index (χ1n) is 4.10. The summed E-state index contributed by atoms with van der Waals surface area (Å²) >= 11 is 2.55. The van der Waals surface area contributed by atoms with Gasteiger partial charge in [0.2, 0.25) is 0 Å². The Morgan fingerprint density at radius 2 is 2.06 bits per heavy atom. The fourth-order valence-electron chi connectivity index (χ4n) is 0.764. The van der Waals surface area contributed by atoms with Crippen molar-refractivity contribution in [3.63, 3.8) is 0 Å². The molecule has 0 bridgehead atoms. The molecule has 0 aliphatic heterocycles. The number of alkyl halides is 3. The Labute approximate surface area is 108 Å². The second-order valence-corrected chi connectivity index (χ2v) is 3.52. The van der Waals surface area contributed by atoms with Crippen LogP contribution in [0.5, 0.6) is 0 Å². The van der Waals surface area contributed by atoms with E-state index in [1.165, 1.54) is 0 Å². The van der Waals surface area contributed by atoms with Gasteiger partial charge in [0, 0.05) is 5.57 Å². The second-order valence-electron chi connectivity index (χ2n) is 2.72. The number of carboxylic acid groups (broad SMARTS) is 1. The van der Waals surface area contributed by atoms with Gasteiger partial charge in [0.1, 0.15) is 5.84 Å². The number of hydrogen-bond acceptors (Lipinski definition) is 3. The van der Waals surface area contributed by atoms with E-state index in [0.29, 0.717) is 6.34 Å². The summed E-state index contributed by atoms with van der Waals surface area (Å²) in [4.78, 5) is 13.1. The molecule has 5 N–H and O–H groups in total. The summed E-state index contributed by atoms with van der Waals surface area (Å²) in [5, 5.41) is 17.1. The summed E-state index contributed by atoms with van der Waals surface area (Å²) in [6, 6.07) is 0. The molecule has 0 heterocycles. The second kappa shape index (κ2) is 6.19. The Morgan fingerprint density at radius 1 is 1.56 bits per heavy atom. The van der Waals surface area contributed by atoms with E-state index in [1.54, 1.807) is 5.32 Å². The number of allylic oxidation sites excluding steroid dienone is 1. The summed E-state index contributed by atoms with van der Waals surface area (Å²) in [6.07, 6.45) is -6.01. The topological polar surface area (TPSA) is 112 Å². The lowest BCUT2D eigenvalue weighted by atomic mass is 10.2. The van der Waals surface area contributed by atoms with E-state index in [0.717, 1.165) is 0 Å². The molecule has 0 aromatic rings. The highest BCUT2D eigenvalue weighted by Crippen LogP contribution is 2.34. The van der Waals surface area contributed by atoms with Crippen LogP contribution in [-0.2, 0) is 0 Å². The summed E-state index contributed by atoms with van der Waals surface area (Å²) in [7, 11) is 0. The largest absolute Gasteiger partial charge is 0.465 e. The molecule has 0 saturated heterocycles. The summed E-state index contributed by atoms with van der Waals surface area (Å²) in [5.74, 6) is -0.816. The van der Waals surface area contributed by atoms with Crippen LogP contribution < -0.4 is 11.1 Å². The van der Waals surface area contributed by atoms with Gasteiger partial charge in [0.15, 0.2) is 5.70 Å². The van der Waals surface area contributed by atoms with Crippen LogP contribution in [0.15, 0.2) is 27.3 Å². The highest BCUT2D eigenvalue weighted by molar-refractivity contribution is 9.12. The normalized spacial score (nSPS) is 13.1. The van der Waals surface area contributed by atoms with Gasteiger partial charge in [-0.3, -0.25) is 10.7 Å². The number of aliphatic imine (C=N–C) groups is 1. The minimum Gasteiger partial charge on any atom is -0.465 e. The molecule has 0 unspecified atom stereocenters. The van der Waals surface area contributed by atoms with E-state index < -0.39 is 33.9 Å². The molecule has 0 saturated carbocycles. The third kappa shape index (κ3) is 4.57. The van der Waals surface area contributed by atoms with Gasteiger partial charge in [0.05, 0.1) is 10.8 Å². The first kappa shape index (κ1) is 16.2. The van der Waals surface area contributed by atoms with Crippen LogP contribution >= 0.6 is 15.9 Å². The number of hydrogen-bond donors (Lipinski definition) is 4. The number of carbonyl (C=O) groups is 1. The van der Waals surface area contributed by atoms with Crippen molar-refractivity contribution in [2.45, 2.75) is 6.18 Å². The zero-order valence-electron chi connectivity index (χ0n) is 8.68. The zero-order valence-corrected chi connectivity index (χ0v) is 10.3. The Balaban J connectivity index is 5.42. The molecule has 0 radical (unpaired) electrons. The van der Waals surface area contributed by atoms with Gasteiger partial charge in [0.25, 0.3) is 0 Å². The maximum Gasteiger partial charge on any atom is 0.434 e. The van der Waals surface area contributed by atoms with Crippen LogP contribution in [0.3, 0.4) is 0 Å². The van der Waals surface area contributed by atoms with Gasteiger partial charge in [-0.1, -0.05) is 6.58 Å². The fourth-order valence-corrected chi connectivity index (χ4v) is 1.29. The van der Waals surface area contributed by atoms with Crippen molar-refractivity contribution in [1.82, 2.24) is 5.32 Å². The molecule has 0 aliphatic rings. The molecule has 0 spiro atoms. The number of rotatable bonds is 3. The first-order chi connectivity index (χ1) is 8.11. The van der Waals surface area contributed by atoms with Crippen LogP contribution in [0.1, 0.15) is 0 Å². The van der Waals surface area contributed by atoms with Gasteiger partial charge < -0.3 is 10.8 Å². The molecule has 18 heavy (non-hydrogen) atoms. The van der Waals surface area contributed by atoms with Crippen LogP contribution in [0.2, 0.25) is 0 Å². The van der Waals surface area contributed by atoms with Crippen LogP contribution in [0.25, 0.3) is 0 Å². The van der Waals surface area contributed by atoms with Gasteiger partial charge in [-0.25, -0.2) is 9.79 Å². The smallest absolute Gasteiger partial charge is 0.434 e. The molecular weight excluding hydrogens is 321 g/mol. The van der Waals surface area contributed by atoms with Crippen LogP contribution in [-0.4, -0.2) is 29.6 Å². The van der Waals surface area contributed by atoms with Gasteiger partial charge in [-0.15, -0.1) is 0 Å². The SMILES string of the molecule is C=C(C(=N)NC(=O)O)/C(Br)=C(\N=CN)C(F)(F)F. The minimum absolute atomic E-state index is 0.422. The molecule has 0 rings (SSSR count). The summed E-state index contributed by atoms with van der Waals surface area (Å²) < 4.78 is 36.9. The third-order valence-corrected chi connectivity index (χ3v) is 2.33. The van der Waals surface area contributed by atoms with Crippen LogP contribution in [0, 0.1) is 5.41 Å². The number of amidine groups is 1. The first-order valence-corrected chi connectivity index (χ1v) is 4.90. The number of amides is 1. The average molecular weight is 329 g/mol. The summed E-state index contributed by atoms with van der Waals surface area (Å²) in [6.45, 7) is 3.15. The third-order valence-electron chi connectivity index (χ3n) is 1.48. The molecule has 0 atom stereocenters. The number of halogens is 4. The Bertz CT molecular complexity index is 442. The molecule has 10 heteroatoms. The van der Waals surface area contributed by atoms with E-state index in [9.17, 15) is 18.0 Å². The maximum atomic E-state index is 12.5. The number of nitrogens with one attached hydrogen (secondary N) is 2. The Hall–Kier alpha value is -1.84. The average Bonchev–Trinajstić information content (AvgIpc) is 2.21. The summed E-state index contributed by atoms with van der Waals surface area (Å²) in [5.41, 5.74) is 2.82. The van der Waals surface area contributed by atoms with Crippen LogP contribution in [0.4, 0.5) is 18.0 Å². The van der Waals surface area contributed by atoms with Crippen molar-refractivity contribution in [1.29, 1.82) is 5.41 Å². The molecular formula is C8H8BrF3N4O2. The molecule has 0 fully saturated rings. The minimum atomic E-state index is -4.83. The lowest BCUT2D eigenvalue weighted by Gasteiger charge is -2.12. The molecule has 0 aliphatic carbocycles. The van der Waals surface area contributed by atoms with E-state index in [4.69, 9.17) is 16.2 Å². The molecule has 6 nitrogen and oxygen atoms in total. The lowest BCUT2D eigenvalue weighted by molar-refractivity contribution is -0.0924.